The zero-order valence-corrected chi connectivity index (χ0v) is 12.7. The third-order valence-electron chi connectivity index (χ3n) is 3.45. The quantitative estimate of drug-likeness (QED) is 0.892. The summed E-state index contributed by atoms with van der Waals surface area (Å²) in [5.41, 5.74) is 4.39. The van der Waals surface area contributed by atoms with E-state index in [1.807, 2.05) is 12.1 Å². The molecule has 0 spiro atoms. The molecule has 0 fully saturated rings. The highest BCUT2D eigenvalue weighted by molar-refractivity contribution is 6.32. The van der Waals surface area contributed by atoms with Crippen LogP contribution in [0.25, 0.3) is 0 Å². The van der Waals surface area contributed by atoms with E-state index >= 15 is 0 Å². The standard InChI is InChI=1S/C17H19ClO2/c1-11-5-4-6-12(2)15(11)10-20-17-8-7-14(13(3)19)9-16(17)18/h4-9,13,19H,10H2,1-3H3/t13-/m1/s1. The van der Waals surface area contributed by atoms with E-state index in [2.05, 4.69) is 26.0 Å². The number of hydrogen-bond donors (Lipinski definition) is 1. The van der Waals surface area contributed by atoms with Gasteiger partial charge in [-0.25, -0.2) is 0 Å². The fourth-order valence-corrected chi connectivity index (χ4v) is 2.36. The van der Waals surface area contributed by atoms with Crippen molar-refractivity contribution in [2.75, 3.05) is 0 Å². The molecule has 2 aromatic rings. The molecule has 0 aliphatic carbocycles. The Morgan fingerprint density at radius 1 is 1.15 bits per heavy atom. The fourth-order valence-electron chi connectivity index (χ4n) is 2.12. The van der Waals surface area contributed by atoms with Crippen molar-refractivity contribution in [2.24, 2.45) is 0 Å². The van der Waals surface area contributed by atoms with Crippen LogP contribution in [0.3, 0.4) is 0 Å². The highest BCUT2D eigenvalue weighted by Gasteiger charge is 2.08. The van der Waals surface area contributed by atoms with Crippen LogP contribution in [0.2, 0.25) is 5.02 Å². The number of benzene rings is 2. The summed E-state index contributed by atoms with van der Waals surface area (Å²) in [6, 6.07) is 11.6. The molecule has 0 saturated carbocycles. The minimum absolute atomic E-state index is 0.492. The molecule has 0 aliphatic rings. The number of aryl methyl sites for hydroxylation is 2. The molecule has 0 bridgehead atoms. The number of aliphatic hydroxyl groups excluding tert-OH is 1. The van der Waals surface area contributed by atoms with Crippen molar-refractivity contribution in [3.05, 3.63) is 63.7 Å². The summed E-state index contributed by atoms with van der Waals surface area (Å²) in [5, 5.41) is 10.0. The second-order valence-electron chi connectivity index (χ2n) is 5.02. The molecule has 0 unspecified atom stereocenters. The average Bonchev–Trinajstić information content (AvgIpc) is 2.39. The van der Waals surface area contributed by atoms with Gasteiger partial charge in [0, 0.05) is 0 Å². The lowest BCUT2D eigenvalue weighted by molar-refractivity contribution is 0.199. The number of rotatable bonds is 4. The molecule has 0 radical (unpaired) electrons. The maximum atomic E-state index is 9.52. The number of hydrogen-bond acceptors (Lipinski definition) is 2. The molecular weight excluding hydrogens is 272 g/mol. The van der Waals surface area contributed by atoms with Gasteiger partial charge in [0.15, 0.2) is 0 Å². The first-order valence-corrected chi connectivity index (χ1v) is 7.02. The molecule has 1 atom stereocenters. The minimum atomic E-state index is -0.528. The molecule has 0 heterocycles. The summed E-state index contributed by atoms with van der Waals surface area (Å²) < 4.78 is 5.81. The molecule has 2 aromatic carbocycles. The van der Waals surface area contributed by atoms with Crippen molar-refractivity contribution in [1.82, 2.24) is 0 Å². The summed E-state index contributed by atoms with van der Waals surface area (Å²) in [5.74, 6) is 0.638. The third-order valence-corrected chi connectivity index (χ3v) is 3.75. The van der Waals surface area contributed by atoms with E-state index in [-0.39, 0.29) is 0 Å². The van der Waals surface area contributed by atoms with Crippen molar-refractivity contribution < 1.29 is 9.84 Å². The van der Waals surface area contributed by atoms with Crippen LogP contribution in [0, 0.1) is 13.8 Å². The Morgan fingerprint density at radius 2 is 1.80 bits per heavy atom. The van der Waals surface area contributed by atoms with Gasteiger partial charge < -0.3 is 9.84 Å². The zero-order valence-electron chi connectivity index (χ0n) is 12.0. The first-order chi connectivity index (χ1) is 9.49. The first-order valence-electron chi connectivity index (χ1n) is 6.64. The normalized spacial score (nSPS) is 12.2. The van der Waals surface area contributed by atoms with Crippen molar-refractivity contribution in [2.45, 2.75) is 33.5 Å². The predicted molar refractivity (Wildman–Crippen MR) is 82.3 cm³/mol. The number of ether oxygens (including phenoxy) is 1. The SMILES string of the molecule is Cc1cccc(C)c1COc1ccc([C@@H](C)O)cc1Cl. The number of aliphatic hydroxyl groups is 1. The zero-order chi connectivity index (χ0) is 14.7. The summed E-state index contributed by atoms with van der Waals surface area (Å²) in [7, 11) is 0. The van der Waals surface area contributed by atoms with E-state index in [0.717, 1.165) is 5.56 Å². The third kappa shape index (κ3) is 3.33. The van der Waals surface area contributed by atoms with Crippen molar-refractivity contribution >= 4 is 11.6 Å². The van der Waals surface area contributed by atoms with Crippen LogP contribution >= 0.6 is 11.6 Å². The van der Waals surface area contributed by atoms with E-state index in [0.29, 0.717) is 17.4 Å². The Morgan fingerprint density at radius 3 is 2.35 bits per heavy atom. The van der Waals surface area contributed by atoms with Crippen LogP contribution in [0.1, 0.15) is 35.3 Å². The van der Waals surface area contributed by atoms with E-state index in [9.17, 15) is 5.11 Å². The summed E-state index contributed by atoms with van der Waals surface area (Å²) in [4.78, 5) is 0. The van der Waals surface area contributed by atoms with Gasteiger partial charge in [-0.2, -0.15) is 0 Å². The molecule has 2 nitrogen and oxygen atoms in total. The smallest absolute Gasteiger partial charge is 0.138 e. The Hall–Kier alpha value is -1.51. The van der Waals surface area contributed by atoms with Gasteiger partial charge in [0.25, 0.3) is 0 Å². The van der Waals surface area contributed by atoms with Crippen LogP contribution in [0.15, 0.2) is 36.4 Å². The summed E-state index contributed by atoms with van der Waals surface area (Å²) in [6.07, 6.45) is -0.528. The molecule has 2 rings (SSSR count). The molecule has 1 N–H and O–H groups in total. The maximum Gasteiger partial charge on any atom is 0.138 e. The van der Waals surface area contributed by atoms with Gasteiger partial charge in [-0.15, -0.1) is 0 Å². The Labute approximate surface area is 125 Å². The van der Waals surface area contributed by atoms with E-state index in [4.69, 9.17) is 16.3 Å². The van der Waals surface area contributed by atoms with Gasteiger partial charge in [0.2, 0.25) is 0 Å². The van der Waals surface area contributed by atoms with Crippen LogP contribution in [-0.4, -0.2) is 5.11 Å². The molecular formula is C17H19ClO2. The van der Waals surface area contributed by atoms with Gasteiger partial charge >= 0.3 is 0 Å². The molecule has 3 heteroatoms. The fraction of sp³-hybridized carbons (Fsp3) is 0.294. The second kappa shape index (κ2) is 6.29. The summed E-state index contributed by atoms with van der Waals surface area (Å²) >= 11 is 6.18. The lowest BCUT2D eigenvalue weighted by Gasteiger charge is -2.13. The van der Waals surface area contributed by atoms with Crippen molar-refractivity contribution in [3.8, 4) is 5.75 Å². The van der Waals surface area contributed by atoms with Gasteiger partial charge in [-0.1, -0.05) is 35.9 Å². The topological polar surface area (TPSA) is 29.5 Å². The summed E-state index contributed by atoms with van der Waals surface area (Å²) in [6.45, 7) is 6.35. The van der Waals surface area contributed by atoms with E-state index in [1.165, 1.54) is 16.7 Å². The molecule has 20 heavy (non-hydrogen) atoms. The lowest BCUT2D eigenvalue weighted by Crippen LogP contribution is -2.01. The van der Waals surface area contributed by atoms with E-state index in [1.54, 1.807) is 19.1 Å². The van der Waals surface area contributed by atoms with Crippen LogP contribution in [0.4, 0.5) is 0 Å². The van der Waals surface area contributed by atoms with Crippen LogP contribution in [0.5, 0.6) is 5.75 Å². The number of halogens is 1. The van der Waals surface area contributed by atoms with Crippen molar-refractivity contribution in [1.29, 1.82) is 0 Å². The molecule has 0 aliphatic heterocycles. The van der Waals surface area contributed by atoms with E-state index < -0.39 is 6.10 Å². The highest BCUT2D eigenvalue weighted by atomic mass is 35.5. The lowest BCUT2D eigenvalue weighted by atomic mass is 10.0. The van der Waals surface area contributed by atoms with Crippen LogP contribution in [-0.2, 0) is 6.61 Å². The van der Waals surface area contributed by atoms with Gasteiger partial charge in [-0.05, 0) is 55.2 Å². The average molecular weight is 291 g/mol. The predicted octanol–water partition coefficient (Wildman–Crippen LogP) is 4.59. The Bertz CT molecular complexity index is 586. The molecule has 0 aromatic heterocycles. The molecule has 106 valence electrons. The van der Waals surface area contributed by atoms with Gasteiger partial charge in [0.1, 0.15) is 12.4 Å². The highest BCUT2D eigenvalue weighted by Crippen LogP contribution is 2.29. The second-order valence-corrected chi connectivity index (χ2v) is 5.43. The Kier molecular flexibility index (Phi) is 4.69. The maximum absolute atomic E-state index is 9.52. The van der Waals surface area contributed by atoms with Crippen LogP contribution < -0.4 is 4.74 Å². The van der Waals surface area contributed by atoms with Gasteiger partial charge in [0.05, 0.1) is 11.1 Å². The Balaban J connectivity index is 2.15. The monoisotopic (exact) mass is 290 g/mol. The minimum Gasteiger partial charge on any atom is -0.487 e. The van der Waals surface area contributed by atoms with Gasteiger partial charge in [-0.3, -0.25) is 0 Å². The molecule has 0 amide bonds. The first kappa shape index (κ1) is 14.9. The van der Waals surface area contributed by atoms with Crippen molar-refractivity contribution in [3.63, 3.8) is 0 Å². The largest absolute Gasteiger partial charge is 0.487 e. The molecule has 0 saturated heterocycles.